The van der Waals surface area contributed by atoms with Crippen LogP contribution in [0.4, 0.5) is 5.69 Å². The number of aromatic nitrogens is 1. The second-order valence-electron chi connectivity index (χ2n) is 4.50. The van der Waals surface area contributed by atoms with Gasteiger partial charge in [-0.1, -0.05) is 23.9 Å². The molecule has 0 saturated carbocycles. The third kappa shape index (κ3) is 3.17. The van der Waals surface area contributed by atoms with Gasteiger partial charge in [0.05, 0.1) is 15.8 Å². The third-order valence-corrected chi connectivity index (χ3v) is 5.19. The maximum Gasteiger partial charge on any atom is 0.335 e. The lowest BCUT2D eigenvalue weighted by molar-refractivity contribution is 0.0697. The summed E-state index contributed by atoms with van der Waals surface area (Å²) in [6.45, 7) is 0. The number of nitrogen functional groups attached to an aromatic ring is 1. The predicted molar refractivity (Wildman–Crippen MR) is 87.0 cm³/mol. The highest BCUT2D eigenvalue weighted by atomic mass is 32.2. The van der Waals surface area contributed by atoms with Crippen molar-refractivity contribution in [2.45, 2.75) is 10.1 Å². The molecule has 0 aliphatic carbocycles. The summed E-state index contributed by atoms with van der Waals surface area (Å²) in [5, 5.41) is 8.86. The molecule has 3 N–H and O–H groups in total. The fourth-order valence-corrected chi connectivity index (χ4v) is 3.94. The zero-order chi connectivity index (χ0) is 14.8. The monoisotopic (exact) mass is 316 g/mol. The van der Waals surface area contributed by atoms with Gasteiger partial charge >= 0.3 is 5.97 Å². The van der Waals surface area contributed by atoms with E-state index >= 15 is 0 Å². The number of fused-ring (bicyclic) bond motifs is 1. The molecule has 0 bridgehead atoms. The summed E-state index contributed by atoms with van der Waals surface area (Å²) < 4.78 is 2.07. The fraction of sp³-hybridized carbons (Fsp3) is 0.0667. The van der Waals surface area contributed by atoms with E-state index in [4.69, 9.17) is 10.8 Å². The Kier molecular flexibility index (Phi) is 3.81. The minimum Gasteiger partial charge on any atom is -0.478 e. The maximum atomic E-state index is 10.8. The summed E-state index contributed by atoms with van der Waals surface area (Å²) in [6.07, 6.45) is 0. The fourth-order valence-electron chi connectivity index (χ4n) is 1.87. The van der Waals surface area contributed by atoms with Crippen molar-refractivity contribution in [3.63, 3.8) is 0 Å². The average molecular weight is 316 g/mol. The number of carboxylic acids is 1. The van der Waals surface area contributed by atoms with E-state index in [2.05, 4.69) is 4.98 Å². The molecule has 0 saturated heterocycles. The van der Waals surface area contributed by atoms with Crippen LogP contribution in [-0.2, 0) is 5.75 Å². The van der Waals surface area contributed by atoms with Gasteiger partial charge in [-0.2, -0.15) is 0 Å². The van der Waals surface area contributed by atoms with Crippen LogP contribution in [0, 0.1) is 0 Å². The molecular formula is C15H12N2O2S2. The van der Waals surface area contributed by atoms with Gasteiger partial charge in [-0.15, -0.1) is 11.3 Å². The van der Waals surface area contributed by atoms with Crippen molar-refractivity contribution >= 4 is 45.0 Å². The summed E-state index contributed by atoms with van der Waals surface area (Å²) in [4.78, 5) is 15.3. The van der Waals surface area contributed by atoms with Crippen LogP contribution in [0.25, 0.3) is 10.2 Å². The summed E-state index contributed by atoms with van der Waals surface area (Å²) >= 11 is 3.26. The van der Waals surface area contributed by atoms with E-state index in [1.54, 1.807) is 35.2 Å². The number of nitrogens with two attached hydrogens (primary N) is 1. The van der Waals surface area contributed by atoms with E-state index < -0.39 is 5.97 Å². The first-order valence-electron chi connectivity index (χ1n) is 6.23. The highest BCUT2D eigenvalue weighted by Gasteiger charge is 2.06. The first-order valence-corrected chi connectivity index (χ1v) is 8.03. The van der Waals surface area contributed by atoms with Crippen molar-refractivity contribution < 1.29 is 9.90 Å². The van der Waals surface area contributed by atoms with Crippen molar-refractivity contribution in [1.29, 1.82) is 0 Å². The molecule has 106 valence electrons. The smallest absolute Gasteiger partial charge is 0.335 e. The predicted octanol–water partition coefficient (Wildman–Crippen LogP) is 3.87. The van der Waals surface area contributed by atoms with E-state index in [1.165, 1.54) is 0 Å². The van der Waals surface area contributed by atoms with E-state index in [9.17, 15) is 4.79 Å². The molecule has 2 aromatic carbocycles. The topological polar surface area (TPSA) is 76.2 Å². The van der Waals surface area contributed by atoms with Crippen LogP contribution in [0.2, 0.25) is 0 Å². The van der Waals surface area contributed by atoms with E-state index in [0.717, 1.165) is 31.6 Å². The van der Waals surface area contributed by atoms with Gasteiger partial charge in [0, 0.05) is 11.4 Å². The van der Waals surface area contributed by atoms with Crippen molar-refractivity contribution in [3.8, 4) is 0 Å². The van der Waals surface area contributed by atoms with Crippen LogP contribution < -0.4 is 5.73 Å². The number of rotatable bonds is 4. The molecule has 4 nitrogen and oxygen atoms in total. The first kappa shape index (κ1) is 13.9. The molecule has 6 heteroatoms. The number of hydrogen-bond acceptors (Lipinski definition) is 5. The number of anilines is 1. The average Bonchev–Trinajstić information content (AvgIpc) is 2.87. The molecule has 0 spiro atoms. The number of benzene rings is 2. The minimum absolute atomic E-state index is 0.305. The molecule has 1 heterocycles. The van der Waals surface area contributed by atoms with Crippen LogP contribution >= 0.6 is 23.1 Å². The summed E-state index contributed by atoms with van der Waals surface area (Å²) in [7, 11) is 0. The van der Waals surface area contributed by atoms with Crippen molar-refractivity contribution in [2.75, 3.05) is 5.73 Å². The molecule has 0 amide bonds. The molecule has 0 atom stereocenters. The first-order chi connectivity index (χ1) is 10.1. The van der Waals surface area contributed by atoms with Crippen LogP contribution in [0.15, 0.2) is 46.8 Å². The quantitative estimate of drug-likeness (QED) is 0.564. The van der Waals surface area contributed by atoms with Gasteiger partial charge in [-0.05, 0) is 35.9 Å². The number of aromatic carboxylic acids is 1. The number of hydrogen-bond donors (Lipinski definition) is 2. The molecule has 0 fully saturated rings. The van der Waals surface area contributed by atoms with Crippen molar-refractivity contribution in [2.24, 2.45) is 0 Å². The lowest BCUT2D eigenvalue weighted by Crippen LogP contribution is -1.95. The number of thiazole rings is 1. The molecule has 0 aliphatic rings. The van der Waals surface area contributed by atoms with Crippen LogP contribution in [0.1, 0.15) is 15.9 Å². The summed E-state index contributed by atoms with van der Waals surface area (Å²) in [5.74, 6) is -0.146. The molecule has 0 radical (unpaired) electrons. The molecule has 21 heavy (non-hydrogen) atoms. The zero-order valence-electron chi connectivity index (χ0n) is 10.9. The van der Waals surface area contributed by atoms with Gasteiger partial charge in [0.25, 0.3) is 0 Å². The highest BCUT2D eigenvalue weighted by Crippen LogP contribution is 2.32. The van der Waals surface area contributed by atoms with Crippen molar-refractivity contribution in [1.82, 2.24) is 4.98 Å². The lowest BCUT2D eigenvalue weighted by Gasteiger charge is -1.99. The Morgan fingerprint density at radius 1 is 1.24 bits per heavy atom. The van der Waals surface area contributed by atoms with Crippen molar-refractivity contribution in [3.05, 3.63) is 53.6 Å². The van der Waals surface area contributed by atoms with Gasteiger partial charge < -0.3 is 10.8 Å². The van der Waals surface area contributed by atoms with E-state index in [1.807, 2.05) is 30.3 Å². The standard InChI is InChI=1S/C15H12N2O2S2/c16-11-5-6-12-13(7-11)21-15(17-12)20-8-9-1-3-10(4-2-9)14(18)19/h1-7H,8,16H2,(H,18,19). The van der Waals surface area contributed by atoms with E-state index in [-0.39, 0.29) is 0 Å². The third-order valence-electron chi connectivity index (χ3n) is 2.96. The Morgan fingerprint density at radius 3 is 2.71 bits per heavy atom. The lowest BCUT2D eigenvalue weighted by atomic mass is 10.1. The number of carbonyl (C=O) groups is 1. The number of carboxylic acid groups (broad SMARTS) is 1. The molecule has 3 aromatic rings. The Bertz CT molecular complexity index is 797. The Morgan fingerprint density at radius 2 is 2.00 bits per heavy atom. The van der Waals surface area contributed by atoms with Crippen LogP contribution in [-0.4, -0.2) is 16.1 Å². The van der Waals surface area contributed by atoms with Gasteiger partial charge in [-0.3, -0.25) is 0 Å². The summed E-state index contributed by atoms with van der Waals surface area (Å²) in [6, 6.07) is 12.6. The Labute approximate surface area is 129 Å². The van der Waals surface area contributed by atoms with Gasteiger partial charge in [0.1, 0.15) is 0 Å². The van der Waals surface area contributed by atoms with E-state index in [0.29, 0.717) is 5.56 Å². The van der Waals surface area contributed by atoms with Crippen LogP contribution in [0.3, 0.4) is 0 Å². The highest BCUT2D eigenvalue weighted by molar-refractivity contribution is 8.00. The number of thioether (sulfide) groups is 1. The summed E-state index contributed by atoms with van der Waals surface area (Å²) in [5.41, 5.74) is 8.84. The number of nitrogens with zero attached hydrogens (tertiary/aromatic N) is 1. The minimum atomic E-state index is -0.905. The van der Waals surface area contributed by atoms with Gasteiger partial charge in [0.15, 0.2) is 4.34 Å². The second-order valence-corrected chi connectivity index (χ2v) is 6.75. The molecule has 0 aliphatic heterocycles. The maximum absolute atomic E-state index is 10.8. The molecular weight excluding hydrogens is 304 g/mol. The zero-order valence-corrected chi connectivity index (χ0v) is 12.6. The molecule has 0 unspecified atom stereocenters. The van der Waals surface area contributed by atoms with Gasteiger partial charge in [0.2, 0.25) is 0 Å². The normalized spacial score (nSPS) is 10.9. The largest absolute Gasteiger partial charge is 0.478 e. The SMILES string of the molecule is Nc1ccc2nc(SCc3ccc(C(=O)O)cc3)sc2c1. The Balaban J connectivity index is 1.72. The van der Waals surface area contributed by atoms with Gasteiger partial charge in [-0.25, -0.2) is 9.78 Å². The van der Waals surface area contributed by atoms with Crippen LogP contribution in [0.5, 0.6) is 0 Å². The molecule has 1 aromatic heterocycles. The second kappa shape index (κ2) is 5.75. The molecule has 3 rings (SSSR count). The Hall–Kier alpha value is -2.05.